The molecule has 2 heterocycles. The third-order valence-electron chi connectivity index (χ3n) is 1.96. The van der Waals surface area contributed by atoms with Gasteiger partial charge in [0.2, 0.25) is 5.22 Å². The monoisotopic (exact) mass is 315 g/mol. The third-order valence-corrected chi connectivity index (χ3v) is 2.85. The van der Waals surface area contributed by atoms with Crippen molar-refractivity contribution in [3.05, 3.63) is 39.8 Å². The molecule has 5 nitrogen and oxygen atoms in total. The van der Waals surface area contributed by atoms with Crippen LogP contribution >= 0.6 is 27.5 Å². The predicted molar refractivity (Wildman–Crippen MR) is 68.0 cm³/mol. The van der Waals surface area contributed by atoms with Crippen molar-refractivity contribution in [2.24, 2.45) is 0 Å². The van der Waals surface area contributed by atoms with Crippen molar-refractivity contribution in [2.45, 2.75) is 0 Å². The summed E-state index contributed by atoms with van der Waals surface area (Å²) in [6.45, 7) is 0. The van der Waals surface area contributed by atoms with E-state index in [1.807, 2.05) is 0 Å². The van der Waals surface area contributed by atoms with E-state index >= 15 is 0 Å². The summed E-state index contributed by atoms with van der Waals surface area (Å²) >= 11 is 8.93. The molecule has 0 aromatic carbocycles. The van der Waals surface area contributed by atoms with Crippen LogP contribution in [0.5, 0.6) is 0 Å². The van der Waals surface area contributed by atoms with Crippen LogP contribution in [0.4, 0.5) is 11.5 Å². The van der Waals surface area contributed by atoms with Gasteiger partial charge in [0, 0.05) is 0 Å². The highest BCUT2D eigenvalue weighted by molar-refractivity contribution is 9.10. The number of nitrogens with zero attached hydrogens (tertiary/aromatic N) is 1. The zero-order valence-electron chi connectivity index (χ0n) is 8.41. The zero-order valence-corrected chi connectivity index (χ0v) is 10.7. The molecule has 0 aliphatic carbocycles. The van der Waals surface area contributed by atoms with Gasteiger partial charge in [-0.05, 0) is 39.7 Å². The first-order valence-electron chi connectivity index (χ1n) is 4.53. The number of hydrogen-bond acceptors (Lipinski definition) is 4. The Bertz CT molecular complexity index is 570. The van der Waals surface area contributed by atoms with Gasteiger partial charge in [0.25, 0.3) is 5.91 Å². The molecule has 7 heteroatoms. The van der Waals surface area contributed by atoms with Crippen molar-refractivity contribution < 1.29 is 9.21 Å². The summed E-state index contributed by atoms with van der Waals surface area (Å²) in [5.74, 6) is -0.0387. The third kappa shape index (κ3) is 2.59. The van der Waals surface area contributed by atoms with Gasteiger partial charge in [-0.15, -0.1) is 0 Å². The normalized spacial score (nSPS) is 10.2. The Labute approximate surface area is 110 Å². The van der Waals surface area contributed by atoms with Crippen molar-refractivity contribution in [2.75, 3.05) is 11.1 Å². The van der Waals surface area contributed by atoms with Gasteiger partial charge in [-0.3, -0.25) is 4.79 Å². The maximum atomic E-state index is 11.8. The number of hydrogen-bond donors (Lipinski definition) is 2. The van der Waals surface area contributed by atoms with Gasteiger partial charge in [-0.1, -0.05) is 0 Å². The molecule has 0 aliphatic rings. The largest absolute Gasteiger partial charge is 0.452 e. The highest BCUT2D eigenvalue weighted by Crippen LogP contribution is 2.23. The Hall–Kier alpha value is -1.53. The molecule has 0 spiro atoms. The van der Waals surface area contributed by atoms with E-state index in [0.717, 1.165) is 0 Å². The molecule has 2 aromatic rings. The molecule has 0 atom stereocenters. The van der Waals surface area contributed by atoms with Crippen LogP contribution in [-0.2, 0) is 0 Å². The lowest BCUT2D eigenvalue weighted by Crippen LogP contribution is -2.13. The molecule has 17 heavy (non-hydrogen) atoms. The first-order chi connectivity index (χ1) is 8.08. The van der Waals surface area contributed by atoms with Crippen LogP contribution in [0.1, 0.15) is 10.4 Å². The fourth-order valence-corrected chi connectivity index (χ4v) is 1.84. The second-order valence-corrected chi connectivity index (χ2v) is 4.36. The molecule has 88 valence electrons. The van der Waals surface area contributed by atoms with Crippen LogP contribution in [-0.4, -0.2) is 10.9 Å². The standard InChI is InChI=1S/C10H7BrClN3O2/c11-7-3-5(13)4-14-9(7)15-10(16)6-1-2-17-8(6)12/h1-4H,13H2,(H,14,15,16). The molecule has 2 aromatic heterocycles. The zero-order chi connectivity index (χ0) is 12.4. The smallest absolute Gasteiger partial charge is 0.261 e. The van der Waals surface area contributed by atoms with Gasteiger partial charge in [0.05, 0.1) is 28.2 Å². The highest BCUT2D eigenvalue weighted by Gasteiger charge is 2.14. The maximum absolute atomic E-state index is 11.8. The van der Waals surface area contributed by atoms with Gasteiger partial charge in [0.1, 0.15) is 5.82 Å². The number of carbonyl (C=O) groups excluding carboxylic acids is 1. The van der Waals surface area contributed by atoms with Crippen LogP contribution in [0, 0.1) is 0 Å². The number of rotatable bonds is 2. The molecular formula is C10H7BrClN3O2. The summed E-state index contributed by atoms with van der Waals surface area (Å²) in [5.41, 5.74) is 6.28. The molecule has 0 bridgehead atoms. The average Bonchev–Trinajstić information content (AvgIpc) is 2.68. The highest BCUT2D eigenvalue weighted by atomic mass is 79.9. The Kier molecular flexibility index (Phi) is 3.35. The van der Waals surface area contributed by atoms with Crippen LogP contribution < -0.4 is 11.1 Å². The van der Waals surface area contributed by atoms with Crippen molar-refractivity contribution in [1.82, 2.24) is 4.98 Å². The minimum absolute atomic E-state index is 0.0362. The van der Waals surface area contributed by atoms with E-state index in [-0.39, 0.29) is 10.8 Å². The van der Waals surface area contributed by atoms with Gasteiger partial charge in [0.15, 0.2) is 0 Å². The topological polar surface area (TPSA) is 81.1 Å². The van der Waals surface area contributed by atoms with Gasteiger partial charge < -0.3 is 15.5 Å². The number of pyridine rings is 1. The van der Waals surface area contributed by atoms with Crippen LogP contribution in [0.25, 0.3) is 0 Å². The molecule has 0 unspecified atom stereocenters. The van der Waals surface area contributed by atoms with Crippen LogP contribution in [0.2, 0.25) is 5.22 Å². The molecule has 0 saturated heterocycles. The van der Waals surface area contributed by atoms with Crippen molar-refractivity contribution in [3.8, 4) is 0 Å². The molecule has 0 radical (unpaired) electrons. The summed E-state index contributed by atoms with van der Waals surface area (Å²) < 4.78 is 5.41. The SMILES string of the molecule is Nc1cnc(NC(=O)c2ccoc2Cl)c(Br)c1. The lowest BCUT2D eigenvalue weighted by Gasteiger charge is -2.05. The molecule has 0 aliphatic heterocycles. The minimum Gasteiger partial charge on any atom is -0.452 e. The lowest BCUT2D eigenvalue weighted by atomic mass is 10.3. The predicted octanol–water partition coefficient (Wildman–Crippen LogP) is 2.93. The van der Waals surface area contributed by atoms with Crippen LogP contribution in [0.15, 0.2) is 33.5 Å². The number of aromatic nitrogens is 1. The second kappa shape index (κ2) is 4.77. The number of amides is 1. The van der Waals surface area contributed by atoms with E-state index in [9.17, 15) is 4.79 Å². The van der Waals surface area contributed by atoms with Crippen molar-refractivity contribution in [1.29, 1.82) is 0 Å². The molecule has 2 rings (SSSR count). The van der Waals surface area contributed by atoms with E-state index in [1.54, 1.807) is 6.07 Å². The van der Waals surface area contributed by atoms with Crippen LogP contribution in [0.3, 0.4) is 0 Å². The van der Waals surface area contributed by atoms with Gasteiger partial charge in [-0.25, -0.2) is 4.98 Å². The Balaban J connectivity index is 2.22. The Morgan fingerprint density at radius 3 is 2.94 bits per heavy atom. The molecule has 0 saturated carbocycles. The summed E-state index contributed by atoms with van der Waals surface area (Å²) in [4.78, 5) is 15.8. The fourth-order valence-electron chi connectivity index (χ4n) is 1.18. The van der Waals surface area contributed by atoms with E-state index in [2.05, 4.69) is 26.2 Å². The number of carbonyl (C=O) groups is 1. The van der Waals surface area contributed by atoms with Crippen molar-refractivity contribution in [3.63, 3.8) is 0 Å². The summed E-state index contributed by atoms with van der Waals surface area (Å²) in [6.07, 6.45) is 2.78. The number of nitrogen functional groups attached to an aromatic ring is 1. The first-order valence-corrected chi connectivity index (χ1v) is 5.70. The lowest BCUT2D eigenvalue weighted by molar-refractivity contribution is 0.102. The first kappa shape index (κ1) is 11.9. The molecule has 0 fully saturated rings. The fraction of sp³-hybridized carbons (Fsp3) is 0. The summed E-state index contributed by atoms with van der Waals surface area (Å²) in [6, 6.07) is 3.11. The number of nitrogens with one attached hydrogen (secondary N) is 1. The number of nitrogens with two attached hydrogens (primary N) is 1. The van der Waals surface area contributed by atoms with Crippen molar-refractivity contribution >= 4 is 44.9 Å². The number of halogens is 2. The summed E-state index contributed by atoms with van der Waals surface area (Å²) in [7, 11) is 0. The maximum Gasteiger partial charge on any atom is 0.261 e. The second-order valence-electron chi connectivity index (χ2n) is 3.16. The molecule has 1 amide bonds. The molecular weight excluding hydrogens is 309 g/mol. The van der Waals surface area contributed by atoms with E-state index in [1.165, 1.54) is 18.5 Å². The molecule has 3 N–H and O–H groups in total. The quantitative estimate of drug-likeness (QED) is 0.892. The summed E-state index contributed by atoms with van der Waals surface area (Å²) in [5, 5.41) is 2.62. The number of anilines is 2. The van der Waals surface area contributed by atoms with Gasteiger partial charge >= 0.3 is 0 Å². The minimum atomic E-state index is -0.401. The van der Waals surface area contributed by atoms with E-state index < -0.39 is 5.91 Å². The van der Waals surface area contributed by atoms with E-state index in [4.69, 9.17) is 21.8 Å². The van der Waals surface area contributed by atoms with Gasteiger partial charge in [-0.2, -0.15) is 0 Å². The number of furan rings is 1. The Morgan fingerprint density at radius 2 is 2.35 bits per heavy atom. The Morgan fingerprint density at radius 1 is 1.59 bits per heavy atom. The van der Waals surface area contributed by atoms with E-state index in [0.29, 0.717) is 16.0 Å². The average molecular weight is 317 g/mol.